The maximum atomic E-state index is 14.0. The number of thiocarbonyl (C=S) groups is 1. The molecule has 0 bridgehead atoms. The SMILES string of the molecule is CN1C[C@H](c2c(Br)c(Cl)nn2C)[C@@H](C(=O)Nc2cccc(F)c2OC(F)(F)F)C1=S. The number of carbonyl (C=O) groups is 1. The zero-order valence-corrected chi connectivity index (χ0v) is 18.6. The predicted octanol–water partition coefficient (Wildman–Crippen LogP) is 4.49. The van der Waals surface area contributed by atoms with E-state index in [2.05, 4.69) is 31.1 Å². The molecule has 1 aromatic carbocycles. The Kier molecular flexibility index (Phi) is 6.30. The summed E-state index contributed by atoms with van der Waals surface area (Å²) in [5, 5.41) is 6.61. The molecule has 6 nitrogen and oxygen atoms in total. The van der Waals surface area contributed by atoms with Crippen molar-refractivity contribution < 1.29 is 27.1 Å². The Morgan fingerprint density at radius 2 is 2.07 bits per heavy atom. The van der Waals surface area contributed by atoms with Crippen LogP contribution in [-0.4, -0.2) is 45.5 Å². The summed E-state index contributed by atoms with van der Waals surface area (Å²) in [6.07, 6.45) is -5.14. The lowest BCUT2D eigenvalue weighted by atomic mass is 9.91. The van der Waals surface area contributed by atoms with Gasteiger partial charge in [-0.25, -0.2) is 4.39 Å². The van der Waals surface area contributed by atoms with Crippen molar-refractivity contribution in [2.24, 2.45) is 13.0 Å². The molecule has 2 heterocycles. The van der Waals surface area contributed by atoms with Gasteiger partial charge in [0.1, 0.15) is 0 Å². The van der Waals surface area contributed by atoms with Gasteiger partial charge in [-0.3, -0.25) is 9.48 Å². The number of amides is 1. The van der Waals surface area contributed by atoms with Gasteiger partial charge < -0.3 is 15.0 Å². The van der Waals surface area contributed by atoms with E-state index in [0.29, 0.717) is 16.7 Å². The molecule has 13 heteroatoms. The number of likely N-dealkylation sites (N-methyl/N-ethyl adjacent to an activating group) is 1. The maximum Gasteiger partial charge on any atom is 0.573 e. The molecule has 2 aromatic rings. The second-order valence-corrected chi connectivity index (χ2v) is 8.14. The Bertz CT molecular complexity index is 1020. The van der Waals surface area contributed by atoms with Crippen molar-refractivity contribution in [3.8, 4) is 5.75 Å². The topological polar surface area (TPSA) is 59.4 Å². The molecule has 30 heavy (non-hydrogen) atoms. The van der Waals surface area contributed by atoms with Gasteiger partial charge in [0.2, 0.25) is 5.91 Å². The van der Waals surface area contributed by atoms with Crippen LogP contribution in [0.3, 0.4) is 0 Å². The fraction of sp³-hybridized carbons (Fsp3) is 0.353. The second-order valence-electron chi connectivity index (χ2n) is 6.57. The Morgan fingerprint density at radius 1 is 1.40 bits per heavy atom. The highest BCUT2D eigenvalue weighted by Gasteiger charge is 2.44. The number of halogens is 6. The summed E-state index contributed by atoms with van der Waals surface area (Å²) >= 11 is 14.8. The van der Waals surface area contributed by atoms with Gasteiger partial charge in [0.25, 0.3) is 0 Å². The van der Waals surface area contributed by atoms with E-state index in [-0.39, 0.29) is 10.1 Å². The molecule has 1 saturated heterocycles. The van der Waals surface area contributed by atoms with Gasteiger partial charge in [-0.15, -0.1) is 13.2 Å². The third kappa shape index (κ3) is 4.40. The largest absolute Gasteiger partial charge is 0.573 e. The predicted molar refractivity (Wildman–Crippen MR) is 109 cm³/mol. The number of ether oxygens (including phenoxy) is 1. The van der Waals surface area contributed by atoms with Gasteiger partial charge >= 0.3 is 6.36 Å². The third-order valence-electron chi connectivity index (χ3n) is 4.58. The minimum Gasteiger partial charge on any atom is -0.400 e. The third-order valence-corrected chi connectivity index (χ3v) is 6.42. The van der Waals surface area contributed by atoms with Crippen LogP contribution in [0.2, 0.25) is 5.15 Å². The summed E-state index contributed by atoms with van der Waals surface area (Å²) in [7, 11) is 3.33. The molecule has 162 valence electrons. The normalized spacial score (nSPS) is 19.3. The molecule has 1 amide bonds. The van der Waals surface area contributed by atoms with Crippen LogP contribution >= 0.6 is 39.7 Å². The van der Waals surface area contributed by atoms with Crippen molar-refractivity contribution in [3.63, 3.8) is 0 Å². The number of alkyl halides is 3. The Hall–Kier alpha value is -1.92. The van der Waals surface area contributed by atoms with Crippen molar-refractivity contribution in [3.05, 3.63) is 39.3 Å². The van der Waals surface area contributed by atoms with Crippen molar-refractivity contribution in [1.29, 1.82) is 0 Å². The summed E-state index contributed by atoms with van der Waals surface area (Å²) in [6, 6.07) is 3.06. The Labute approximate surface area is 187 Å². The molecule has 1 N–H and O–H groups in total. The van der Waals surface area contributed by atoms with Crippen LogP contribution in [0.1, 0.15) is 11.6 Å². The number of carbonyl (C=O) groups excluding carboxylic acids is 1. The van der Waals surface area contributed by atoms with Crippen LogP contribution in [-0.2, 0) is 11.8 Å². The lowest BCUT2D eigenvalue weighted by Gasteiger charge is -2.20. The van der Waals surface area contributed by atoms with Crippen molar-refractivity contribution in [2.75, 3.05) is 18.9 Å². The van der Waals surface area contributed by atoms with E-state index in [4.69, 9.17) is 23.8 Å². The smallest absolute Gasteiger partial charge is 0.400 e. The first kappa shape index (κ1) is 22.8. The number of nitrogens with one attached hydrogen (secondary N) is 1. The number of rotatable bonds is 4. The van der Waals surface area contributed by atoms with Gasteiger partial charge in [-0.2, -0.15) is 5.10 Å². The van der Waals surface area contributed by atoms with Gasteiger partial charge in [0.05, 0.1) is 26.8 Å². The van der Waals surface area contributed by atoms with Gasteiger partial charge in [-0.05, 0) is 28.1 Å². The van der Waals surface area contributed by atoms with Gasteiger partial charge in [-0.1, -0.05) is 29.9 Å². The summed E-state index contributed by atoms with van der Waals surface area (Å²) in [5.41, 5.74) is 0.133. The fourth-order valence-corrected chi connectivity index (χ4v) is 4.54. The van der Waals surface area contributed by atoms with Gasteiger partial charge in [0.15, 0.2) is 16.7 Å². The quantitative estimate of drug-likeness (QED) is 0.467. The number of nitrogens with zero attached hydrogens (tertiary/aromatic N) is 3. The summed E-state index contributed by atoms with van der Waals surface area (Å²) in [5.74, 6) is -4.54. The van der Waals surface area contributed by atoms with Crippen molar-refractivity contribution in [2.45, 2.75) is 12.3 Å². The van der Waals surface area contributed by atoms with Crippen LogP contribution in [0.15, 0.2) is 22.7 Å². The molecule has 0 aliphatic carbocycles. The van der Waals surface area contributed by atoms with E-state index < -0.39 is 41.4 Å². The maximum absolute atomic E-state index is 14.0. The van der Waals surface area contributed by atoms with Crippen molar-refractivity contribution >= 4 is 56.3 Å². The number of hydrogen-bond donors (Lipinski definition) is 1. The van der Waals surface area contributed by atoms with Crippen molar-refractivity contribution in [1.82, 2.24) is 14.7 Å². The molecule has 0 saturated carbocycles. The molecule has 0 spiro atoms. The fourth-order valence-electron chi connectivity index (χ4n) is 3.36. The first-order chi connectivity index (χ1) is 13.9. The van der Waals surface area contributed by atoms with E-state index in [1.807, 2.05) is 0 Å². The zero-order chi connectivity index (χ0) is 22.4. The van der Waals surface area contributed by atoms with Crippen LogP contribution in [0.4, 0.5) is 23.2 Å². The first-order valence-corrected chi connectivity index (χ1v) is 9.96. The molecule has 2 atom stereocenters. The molecular weight excluding hydrogens is 516 g/mol. The molecule has 3 rings (SSSR count). The number of aryl methyl sites for hydroxylation is 1. The second kappa shape index (κ2) is 8.31. The van der Waals surface area contributed by atoms with E-state index in [0.717, 1.165) is 18.2 Å². The highest BCUT2D eigenvalue weighted by molar-refractivity contribution is 9.10. The van der Waals surface area contributed by atoms with E-state index in [1.165, 1.54) is 4.68 Å². The molecule has 1 aliphatic rings. The number of para-hydroxylation sites is 1. The minimum absolute atomic E-state index is 0.193. The highest BCUT2D eigenvalue weighted by Crippen LogP contribution is 2.41. The monoisotopic (exact) mass is 528 g/mol. The standard InChI is InChI=1S/C17H14BrClF4N4O2S/c1-26-6-7(12-11(18)14(19)25-27(12)2)10(16(26)30)15(28)24-9-5-3-4-8(20)13(9)29-17(21,22)23/h3-5,7,10H,6H2,1-2H3,(H,24,28)/t7-,10-/m0/s1. The average molecular weight is 530 g/mol. The van der Waals surface area contributed by atoms with Crippen LogP contribution in [0.5, 0.6) is 5.75 Å². The lowest BCUT2D eigenvalue weighted by Crippen LogP contribution is -2.32. The number of anilines is 1. The molecular formula is C17H14BrClF4N4O2S. The van der Waals surface area contributed by atoms with Crippen LogP contribution in [0, 0.1) is 11.7 Å². The first-order valence-electron chi connectivity index (χ1n) is 8.38. The summed E-state index contributed by atoms with van der Waals surface area (Å²) in [6.45, 7) is 0.348. The number of benzene rings is 1. The zero-order valence-electron chi connectivity index (χ0n) is 15.4. The number of hydrogen-bond acceptors (Lipinski definition) is 4. The molecule has 1 aliphatic heterocycles. The van der Waals surface area contributed by atoms with E-state index in [1.54, 1.807) is 19.0 Å². The van der Waals surface area contributed by atoms with Gasteiger partial charge in [0, 0.05) is 26.6 Å². The van der Waals surface area contributed by atoms with E-state index >= 15 is 0 Å². The van der Waals surface area contributed by atoms with Crippen LogP contribution in [0.25, 0.3) is 0 Å². The van der Waals surface area contributed by atoms with Crippen LogP contribution < -0.4 is 10.1 Å². The summed E-state index contributed by atoms with van der Waals surface area (Å²) in [4.78, 5) is 15.0. The molecule has 1 fully saturated rings. The molecule has 0 radical (unpaired) electrons. The average Bonchev–Trinajstić information content (AvgIpc) is 3.05. The number of aromatic nitrogens is 2. The molecule has 0 unspecified atom stereocenters. The molecule has 1 aromatic heterocycles. The summed E-state index contributed by atoms with van der Waals surface area (Å²) < 4.78 is 57.7. The number of likely N-dealkylation sites (tertiary alicyclic amines) is 1. The minimum atomic E-state index is -5.14. The highest BCUT2D eigenvalue weighted by atomic mass is 79.9. The van der Waals surface area contributed by atoms with E-state index in [9.17, 15) is 22.4 Å². The lowest BCUT2D eigenvalue weighted by molar-refractivity contribution is -0.275. The Balaban J connectivity index is 1.96. The Morgan fingerprint density at radius 3 is 2.63 bits per heavy atom.